The van der Waals surface area contributed by atoms with Crippen molar-refractivity contribution in [2.24, 2.45) is 0 Å². The van der Waals surface area contributed by atoms with E-state index in [0.717, 1.165) is 24.3 Å². The monoisotopic (exact) mass is 292 g/mol. The molecule has 2 aromatic rings. The maximum atomic E-state index is 13.2. The lowest BCUT2D eigenvalue weighted by Crippen LogP contribution is -2.13. The predicted molar refractivity (Wildman–Crippen MR) is 72.1 cm³/mol. The van der Waals surface area contributed by atoms with Gasteiger partial charge in [0.05, 0.1) is 4.92 Å². The smallest absolute Gasteiger partial charge is 0.292 e. The highest BCUT2D eigenvalue weighted by molar-refractivity contribution is 6.05. The summed E-state index contributed by atoms with van der Waals surface area (Å²) in [4.78, 5) is 22.1. The van der Waals surface area contributed by atoms with E-state index in [1.165, 1.54) is 19.1 Å². The molecule has 2 aromatic carbocycles. The Balaban J connectivity index is 2.33. The van der Waals surface area contributed by atoms with Crippen molar-refractivity contribution in [3.05, 3.63) is 69.3 Å². The molecule has 0 aliphatic heterocycles. The number of aryl methyl sites for hydroxylation is 1. The van der Waals surface area contributed by atoms with Crippen molar-refractivity contribution in [1.82, 2.24) is 0 Å². The summed E-state index contributed by atoms with van der Waals surface area (Å²) in [5.74, 6) is -1.87. The van der Waals surface area contributed by atoms with E-state index in [1.54, 1.807) is 0 Å². The summed E-state index contributed by atoms with van der Waals surface area (Å²) in [5.41, 5.74) is -0.306. The number of anilines is 1. The van der Waals surface area contributed by atoms with Crippen LogP contribution in [0.3, 0.4) is 0 Å². The fourth-order valence-electron chi connectivity index (χ4n) is 1.75. The number of amides is 1. The van der Waals surface area contributed by atoms with E-state index < -0.39 is 28.2 Å². The lowest BCUT2D eigenvalue weighted by atomic mass is 10.1. The maximum Gasteiger partial charge on any atom is 0.292 e. The lowest BCUT2D eigenvalue weighted by molar-refractivity contribution is -0.384. The first kappa shape index (κ1) is 14.6. The maximum absolute atomic E-state index is 13.2. The number of halogens is 2. The average Bonchev–Trinajstić information content (AvgIpc) is 2.41. The van der Waals surface area contributed by atoms with Crippen LogP contribution >= 0.6 is 0 Å². The molecule has 1 N–H and O–H groups in total. The number of nitro groups is 1. The van der Waals surface area contributed by atoms with E-state index in [9.17, 15) is 23.7 Å². The first-order valence-electron chi connectivity index (χ1n) is 5.90. The molecule has 21 heavy (non-hydrogen) atoms. The fourth-order valence-corrected chi connectivity index (χ4v) is 1.75. The number of carbonyl (C=O) groups excluding carboxylic acids is 1. The molecule has 0 aliphatic carbocycles. The first-order valence-corrected chi connectivity index (χ1v) is 5.90. The number of rotatable bonds is 3. The number of nitro benzene ring substituents is 1. The normalized spacial score (nSPS) is 10.2. The number of nitrogens with zero attached hydrogens (tertiary/aromatic N) is 1. The van der Waals surface area contributed by atoms with E-state index >= 15 is 0 Å². The van der Waals surface area contributed by atoms with E-state index in [4.69, 9.17) is 0 Å². The minimum atomic E-state index is -0.731. The highest BCUT2D eigenvalue weighted by Crippen LogP contribution is 2.25. The van der Waals surface area contributed by atoms with Gasteiger partial charge in [0.25, 0.3) is 11.6 Å². The van der Waals surface area contributed by atoms with E-state index in [0.29, 0.717) is 0 Å². The molecule has 0 atom stereocenters. The van der Waals surface area contributed by atoms with Gasteiger partial charge in [-0.1, -0.05) is 0 Å². The van der Waals surface area contributed by atoms with E-state index in [-0.39, 0.29) is 16.8 Å². The number of carbonyl (C=O) groups is 1. The minimum Gasteiger partial charge on any atom is -0.316 e. The van der Waals surface area contributed by atoms with Crippen LogP contribution in [-0.4, -0.2) is 10.8 Å². The lowest BCUT2D eigenvalue weighted by Gasteiger charge is -2.07. The summed E-state index contributed by atoms with van der Waals surface area (Å²) in [5, 5.41) is 13.1. The van der Waals surface area contributed by atoms with Gasteiger partial charge >= 0.3 is 0 Å². The second kappa shape index (κ2) is 5.66. The molecule has 0 spiro atoms. The van der Waals surface area contributed by atoms with Crippen LogP contribution < -0.4 is 5.32 Å². The fraction of sp³-hybridized carbons (Fsp3) is 0.0714. The van der Waals surface area contributed by atoms with Gasteiger partial charge in [-0.2, -0.15) is 0 Å². The minimum absolute atomic E-state index is 0.118. The average molecular weight is 292 g/mol. The summed E-state index contributed by atoms with van der Waals surface area (Å²) < 4.78 is 26.3. The third kappa shape index (κ3) is 3.19. The van der Waals surface area contributed by atoms with Gasteiger partial charge in [0.15, 0.2) is 0 Å². The summed E-state index contributed by atoms with van der Waals surface area (Å²) in [6, 6.07) is 6.39. The van der Waals surface area contributed by atoms with Gasteiger partial charge in [-0.15, -0.1) is 0 Å². The van der Waals surface area contributed by atoms with Crippen molar-refractivity contribution < 1.29 is 18.5 Å². The van der Waals surface area contributed by atoms with Gasteiger partial charge < -0.3 is 5.32 Å². The molecule has 0 saturated carbocycles. The number of hydrogen-bond acceptors (Lipinski definition) is 3. The molecule has 108 valence electrons. The molecule has 1 amide bonds. The molecule has 0 heterocycles. The molecular weight excluding hydrogens is 282 g/mol. The Morgan fingerprint density at radius 3 is 2.52 bits per heavy atom. The predicted octanol–water partition coefficient (Wildman–Crippen LogP) is 3.43. The van der Waals surface area contributed by atoms with Crippen LogP contribution in [0.5, 0.6) is 0 Å². The summed E-state index contributed by atoms with van der Waals surface area (Å²) in [7, 11) is 0. The molecule has 0 aromatic heterocycles. The van der Waals surface area contributed by atoms with Crippen LogP contribution in [0.2, 0.25) is 0 Å². The zero-order valence-electron chi connectivity index (χ0n) is 10.9. The summed E-state index contributed by atoms with van der Waals surface area (Å²) in [6.45, 7) is 1.48. The molecule has 0 fully saturated rings. The number of nitrogens with one attached hydrogen (secondary N) is 1. The molecule has 0 aliphatic rings. The highest BCUT2D eigenvalue weighted by Gasteiger charge is 2.17. The van der Waals surface area contributed by atoms with Gasteiger partial charge in [-0.05, 0) is 36.8 Å². The molecule has 2 rings (SSSR count). The van der Waals surface area contributed by atoms with E-state index in [2.05, 4.69) is 5.32 Å². The van der Waals surface area contributed by atoms with Crippen LogP contribution in [-0.2, 0) is 0 Å². The van der Waals surface area contributed by atoms with Crippen LogP contribution in [0.25, 0.3) is 0 Å². The largest absolute Gasteiger partial charge is 0.316 e. The van der Waals surface area contributed by atoms with Crippen molar-refractivity contribution in [3.8, 4) is 0 Å². The molecule has 0 unspecified atom stereocenters. The van der Waals surface area contributed by atoms with Crippen molar-refractivity contribution in [2.45, 2.75) is 6.92 Å². The van der Waals surface area contributed by atoms with Gasteiger partial charge in [0.1, 0.15) is 17.3 Å². The summed E-state index contributed by atoms with van der Waals surface area (Å²) >= 11 is 0. The Morgan fingerprint density at radius 2 is 1.90 bits per heavy atom. The zero-order chi connectivity index (χ0) is 15.6. The van der Waals surface area contributed by atoms with Crippen molar-refractivity contribution >= 4 is 17.3 Å². The molecule has 0 radical (unpaired) electrons. The Labute approximate surface area is 118 Å². The molecule has 0 saturated heterocycles. The van der Waals surface area contributed by atoms with E-state index in [1.807, 2.05) is 0 Å². The topological polar surface area (TPSA) is 72.2 Å². The Morgan fingerprint density at radius 1 is 1.19 bits per heavy atom. The standard InChI is InChI=1S/C14H10F2N2O3/c1-8-6-9(2-4-11(8)16)14(19)17-12-7-10(15)3-5-13(12)18(20)21/h2-7H,1H3,(H,17,19). The Hall–Kier alpha value is -2.83. The Bertz CT molecular complexity index is 732. The molecule has 7 heteroatoms. The van der Waals surface area contributed by atoms with Gasteiger partial charge in [0.2, 0.25) is 0 Å². The van der Waals surface area contributed by atoms with Gasteiger partial charge in [-0.3, -0.25) is 14.9 Å². The third-order valence-electron chi connectivity index (χ3n) is 2.82. The van der Waals surface area contributed by atoms with Crippen LogP contribution in [0, 0.1) is 28.7 Å². The Kier molecular flexibility index (Phi) is 3.93. The van der Waals surface area contributed by atoms with Crippen LogP contribution in [0.15, 0.2) is 36.4 Å². The van der Waals surface area contributed by atoms with Crippen LogP contribution in [0.1, 0.15) is 15.9 Å². The molecular formula is C14H10F2N2O3. The number of hydrogen-bond donors (Lipinski definition) is 1. The summed E-state index contributed by atoms with van der Waals surface area (Å²) in [6.07, 6.45) is 0. The quantitative estimate of drug-likeness (QED) is 0.695. The van der Waals surface area contributed by atoms with Crippen molar-refractivity contribution in [1.29, 1.82) is 0 Å². The van der Waals surface area contributed by atoms with Crippen molar-refractivity contribution in [2.75, 3.05) is 5.32 Å². The second-order valence-corrected chi connectivity index (χ2v) is 4.34. The SMILES string of the molecule is Cc1cc(C(=O)Nc2cc(F)ccc2[N+](=O)[O-])ccc1F. The van der Waals surface area contributed by atoms with Crippen molar-refractivity contribution in [3.63, 3.8) is 0 Å². The number of benzene rings is 2. The zero-order valence-corrected chi connectivity index (χ0v) is 10.9. The van der Waals surface area contributed by atoms with Gasteiger partial charge in [0, 0.05) is 17.7 Å². The second-order valence-electron chi connectivity index (χ2n) is 4.34. The van der Waals surface area contributed by atoms with Gasteiger partial charge in [-0.25, -0.2) is 8.78 Å². The molecule has 5 nitrogen and oxygen atoms in total. The molecule has 0 bridgehead atoms. The third-order valence-corrected chi connectivity index (χ3v) is 2.82. The highest BCUT2D eigenvalue weighted by atomic mass is 19.1. The first-order chi connectivity index (χ1) is 9.88. The van der Waals surface area contributed by atoms with Crippen LogP contribution in [0.4, 0.5) is 20.2 Å².